The van der Waals surface area contributed by atoms with Gasteiger partial charge < -0.3 is 19.7 Å². The van der Waals surface area contributed by atoms with E-state index in [1.165, 1.54) is 13.8 Å². The van der Waals surface area contributed by atoms with Gasteiger partial charge in [0, 0.05) is 5.57 Å². The minimum absolute atomic E-state index is 0.0803. The van der Waals surface area contributed by atoms with Gasteiger partial charge in [0.05, 0.1) is 6.26 Å². The number of ether oxygens (including phenoxy) is 2. The van der Waals surface area contributed by atoms with Crippen molar-refractivity contribution in [2.75, 3.05) is 0 Å². The van der Waals surface area contributed by atoms with Crippen molar-refractivity contribution in [1.29, 1.82) is 0 Å². The molecule has 0 radical (unpaired) electrons. The quantitative estimate of drug-likeness (QED) is 0.290. The van der Waals surface area contributed by atoms with Crippen molar-refractivity contribution in [2.24, 2.45) is 0 Å². The van der Waals surface area contributed by atoms with Gasteiger partial charge in [-0.05, 0) is 13.8 Å². The van der Waals surface area contributed by atoms with Crippen LogP contribution in [0.3, 0.4) is 0 Å². The van der Waals surface area contributed by atoms with E-state index in [0.29, 0.717) is 0 Å². The molecular formula is C9H14O5. The number of hydrogen-bond donors (Lipinski definition) is 2. The fourth-order valence-electron chi connectivity index (χ4n) is 0.547. The van der Waals surface area contributed by atoms with Crippen molar-refractivity contribution in [2.45, 2.75) is 25.9 Å². The molecule has 0 aromatic carbocycles. The van der Waals surface area contributed by atoms with Gasteiger partial charge in [-0.3, -0.25) is 0 Å². The Morgan fingerprint density at radius 2 is 2.14 bits per heavy atom. The average Bonchev–Trinajstić information content (AvgIpc) is 2.03. The molecule has 14 heavy (non-hydrogen) atoms. The highest BCUT2D eigenvalue weighted by Crippen LogP contribution is 2.16. The fourth-order valence-corrected chi connectivity index (χ4v) is 0.547. The van der Waals surface area contributed by atoms with E-state index in [2.05, 4.69) is 22.6 Å². The second-order valence-electron chi connectivity index (χ2n) is 2.76. The number of aliphatic hydroxyl groups is 2. The largest absolute Gasteiger partial charge is 0.437 e. The first-order chi connectivity index (χ1) is 6.33. The molecule has 2 N–H and O–H groups in total. The van der Waals surface area contributed by atoms with Gasteiger partial charge in [0.2, 0.25) is 0 Å². The SMILES string of the molecule is C=COC(O)(OC(=O)C(=C)C)C(C)O. The van der Waals surface area contributed by atoms with E-state index in [-0.39, 0.29) is 5.57 Å². The lowest BCUT2D eigenvalue weighted by Gasteiger charge is -2.28. The molecule has 0 bridgehead atoms. The summed E-state index contributed by atoms with van der Waals surface area (Å²) < 4.78 is 8.97. The van der Waals surface area contributed by atoms with E-state index in [1.54, 1.807) is 0 Å². The van der Waals surface area contributed by atoms with Crippen LogP contribution in [0.15, 0.2) is 25.0 Å². The number of hydrogen-bond acceptors (Lipinski definition) is 5. The molecule has 0 aromatic heterocycles. The molecule has 5 nitrogen and oxygen atoms in total. The van der Waals surface area contributed by atoms with Crippen LogP contribution in [0.2, 0.25) is 0 Å². The second-order valence-corrected chi connectivity index (χ2v) is 2.76. The Balaban J connectivity index is 4.60. The van der Waals surface area contributed by atoms with Crippen LogP contribution < -0.4 is 0 Å². The molecule has 0 aliphatic rings. The minimum atomic E-state index is -2.42. The highest BCUT2D eigenvalue weighted by Gasteiger charge is 2.39. The molecule has 2 atom stereocenters. The van der Waals surface area contributed by atoms with Crippen LogP contribution in [0, 0.1) is 0 Å². The van der Waals surface area contributed by atoms with Crippen LogP contribution in [-0.2, 0) is 14.3 Å². The van der Waals surface area contributed by atoms with Crippen LogP contribution >= 0.6 is 0 Å². The molecular weight excluding hydrogens is 188 g/mol. The molecule has 0 fully saturated rings. The van der Waals surface area contributed by atoms with Crippen LogP contribution in [-0.4, -0.2) is 28.3 Å². The number of rotatable bonds is 5. The molecule has 0 aliphatic carbocycles. The summed E-state index contributed by atoms with van der Waals surface area (Å²) in [5.41, 5.74) is 0.0803. The molecule has 0 heterocycles. The normalized spacial score (nSPS) is 16.3. The average molecular weight is 202 g/mol. The zero-order chi connectivity index (χ0) is 11.4. The lowest BCUT2D eigenvalue weighted by atomic mass is 10.3. The molecule has 80 valence electrons. The zero-order valence-corrected chi connectivity index (χ0v) is 8.19. The first-order valence-corrected chi connectivity index (χ1v) is 3.91. The summed E-state index contributed by atoms with van der Waals surface area (Å²) in [6.07, 6.45) is -0.554. The van der Waals surface area contributed by atoms with Gasteiger partial charge in [0.25, 0.3) is 0 Å². The summed E-state index contributed by atoms with van der Waals surface area (Å²) in [4.78, 5) is 11.0. The predicted octanol–water partition coefficient (Wildman–Crippen LogP) is 0.293. The highest BCUT2D eigenvalue weighted by atomic mass is 16.8. The molecule has 5 heteroatoms. The van der Waals surface area contributed by atoms with Gasteiger partial charge in [-0.2, -0.15) is 0 Å². The van der Waals surface area contributed by atoms with Crippen LogP contribution in [0.5, 0.6) is 0 Å². The Bertz CT molecular complexity index is 246. The Kier molecular flexibility index (Phi) is 4.33. The second kappa shape index (κ2) is 4.78. The Labute approximate surface area is 82.3 Å². The number of aliphatic hydroxyl groups excluding tert-OH is 1. The van der Waals surface area contributed by atoms with E-state index >= 15 is 0 Å². The predicted molar refractivity (Wildman–Crippen MR) is 48.8 cm³/mol. The summed E-state index contributed by atoms with van der Waals surface area (Å²) in [7, 11) is 0. The fraction of sp³-hybridized carbons (Fsp3) is 0.444. The number of carbonyl (C=O) groups is 1. The van der Waals surface area contributed by atoms with Crippen LogP contribution in [0.25, 0.3) is 0 Å². The van der Waals surface area contributed by atoms with Crippen molar-refractivity contribution in [3.63, 3.8) is 0 Å². The summed E-state index contributed by atoms with van der Waals surface area (Å²) >= 11 is 0. The first-order valence-electron chi connectivity index (χ1n) is 3.91. The summed E-state index contributed by atoms with van der Waals surface area (Å²) in [6, 6.07) is 0. The van der Waals surface area contributed by atoms with Gasteiger partial charge in [0.15, 0.2) is 6.10 Å². The van der Waals surface area contributed by atoms with E-state index in [1.807, 2.05) is 0 Å². The third-order valence-electron chi connectivity index (χ3n) is 1.37. The lowest BCUT2D eigenvalue weighted by Crippen LogP contribution is -2.46. The smallest absolute Gasteiger partial charge is 0.398 e. The number of carbonyl (C=O) groups excluding carboxylic acids is 1. The van der Waals surface area contributed by atoms with E-state index in [0.717, 1.165) is 6.26 Å². The van der Waals surface area contributed by atoms with Crippen LogP contribution in [0.1, 0.15) is 13.8 Å². The Morgan fingerprint density at radius 3 is 2.43 bits per heavy atom. The molecule has 0 aliphatic heterocycles. The van der Waals surface area contributed by atoms with Crippen molar-refractivity contribution < 1.29 is 24.5 Å². The van der Waals surface area contributed by atoms with Gasteiger partial charge >= 0.3 is 11.9 Å². The van der Waals surface area contributed by atoms with Crippen LogP contribution in [0.4, 0.5) is 0 Å². The summed E-state index contributed by atoms with van der Waals surface area (Å²) in [6.45, 7) is 9.09. The molecule has 0 saturated carbocycles. The van der Waals surface area contributed by atoms with Gasteiger partial charge in [0.1, 0.15) is 0 Å². The maximum Gasteiger partial charge on any atom is 0.398 e. The summed E-state index contributed by atoms with van der Waals surface area (Å²) in [5.74, 6) is -3.28. The zero-order valence-electron chi connectivity index (χ0n) is 8.19. The molecule has 0 rings (SSSR count). The van der Waals surface area contributed by atoms with Crippen molar-refractivity contribution in [3.05, 3.63) is 25.0 Å². The molecule has 0 amide bonds. The van der Waals surface area contributed by atoms with E-state index in [4.69, 9.17) is 5.11 Å². The molecule has 2 unspecified atom stereocenters. The number of esters is 1. The molecule has 0 saturated heterocycles. The third-order valence-corrected chi connectivity index (χ3v) is 1.37. The van der Waals surface area contributed by atoms with Gasteiger partial charge in [-0.15, -0.1) is 0 Å². The maximum atomic E-state index is 11.0. The van der Waals surface area contributed by atoms with Crippen molar-refractivity contribution >= 4 is 5.97 Å². The van der Waals surface area contributed by atoms with Gasteiger partial charge in [-0.1, -0.05) is 13.2 Å². The van der Waals surface area contributed by atoms with Crippen molar-refractivity contribution in [3.8, 4) is 0 Å². The summed E-state index contributed by atoms with van der Waals surface area (Å²) in [5, 5.41) is 18.6. The standard InChI is InChI=1S/C9H14O5/c1-5-13-9(12,7(4)10)14-8(11)6(2)3/h5,7,10,12H,1-2H2,3-4H3. The Hall–Kier alpha value is -1.33. The topological polar surface area (TPSA) is 76.0 Å². The monoisotopic (exact) mass is 202 g/mol. The molecule has 0 aromatic rings. The van der Waals surface area contributed by atoms with Gasteiger partial charge in [-0.25, -0.2) is 4.79 Å². The molecule has 0 spiro atoms. The Morgan fingerprint density at radius 1 is 1.64 bits per heavy atom. The minimum Gasteiger partial charge on any atom is -0.437 e. The lowest BCUT2D eigenvalue weighted by molar-refractivity contribution is -0.354. The first kappa shape index (κ1) is 12.7. The van der Waals surface area contributed by atoms with E-state index in [9.17, 15) is 9.90 Å². The highest BCUT2D eigenvalue weighted by molar-refractivity contribution is 5.87. The van der Waals surface area contributed by atoms with E-state index < -0.39 is 18.0 Å². The van der Waals surface area contributed by atoms with Crippen molar-refractivity contribution in [1.82, 2.24) is 0 Å². The third kappa shape index (κ3) is 3.20. The maximum absolute atomic E-state index is 11.0.